The fraction of sp³-hybridized carbons (Fsp3) is 0.294. The summed E-state index contributed by atoms with van der Waals surface area (Å²) < 4.78 is 59.6. The van der Waals surface area contributed by atoms with Crippen LogP contribution in [0.5, 0.6) is 5.75 Å². The summed E-state index contributed by atoms with van der Waals surface area (Å²) >= 11 is 0. The molecular weight excluding hydrogens is 234 g/mol. The molecule has 2 heteroatoms. The maximum atomic E-state index is 8.08. The van der Waals surface area contributed by atoms with Gasteiger partial charge in [-0.3, -0.25) is 0 Å². The summed E-state index contributed by atoms with van der Waals surface area (Å²) in [4.78, 5) is 0. The minimum atomic E-state index is -2.27. The summed E-state index contributed by atoms with van der Waals surface area (Å²) in [7, 11) is 0. The fourth-order valence-corrected chi connectivity index (χ4v) is 1.73. The Kier molecular flexibility index (Phi) is 2.60. The second kappa shape index (κ2) is 6.95. The molecule has 2 aromatic rings. The highest BCUT2D eigenvalue weighted by Crippen LogP contribution is 2.24. The maximum absolute atomic E-state index is 8.08. The smallest absolute Gasteiger partial charge is 0.125 e. The van der Waals surface area contributed by atoms with E-state index in [4.69, 9.17) is 14.3 Å². The van der Waals surface area contributed by atoms with Crippen molar-refractivity contribution in [1.29, 1.82) is 0 Å². The molecule has 0 heterocycles. The van der Waals surface area contributed by atoms with Crippen LogP contribution in [0.2, 0.25) is 0 Å². The van der Waals surface area contributed by atoms with Gasteiger partial charge < -0.3 is 10.1 Å². The van der Waals surface area contributed by atoms with Crippen LogP contribution in [0.3, 0.4) is 0 Å². The van der Waals surface area contributed by atoms with Gasteiger partial charge in [0.05, 0.1) is 5.48 Å². The second-order valence-corrected chi connectivity index (χ2v) is 4.19. The van der Waals surface area contributed by atoms with Gasteiger partial charge in [-0.05, 0) is 38.1 Å². The molecular formula is C17H21NO. The van der Waals surface area contributed by atoms with E-state index in [-0.39, 0.29) is 48.4 Å². The standard InChI is InChI=1S/C17H21NO/c1-14-8-10-16(11-9-14)19-17(12-13-18-2)15-6-4-3-5-7-15/h3-11,17-18H,12-13H2,1-2H3/i2D3,8D,9D,10D,11D. The average molecular weight is 262 g/mol. The molecule has 2 nitrogen and oxygen atoms in total. The number of ether oxygens (including phenoxy) is 1. The van der Waals surface area contributed by atoms with Crippen LogP contribution in [0, 0.1) is 6.92 Å². The van der Waals surface area contributed by atoms with E-state index in [1.54, 1.807) is 0 Å². The van der Waals surface area contributed by atoms with Crippen LogP contribution < -0.4 is 10.1 Å². The summed E-state index contributed by atoms with van der Waals surface area (Å²) in [5.74, 6) is -0.131. The molecule has 0 spiro atoms. The highest BCUT2D eigenvalue weighted by Gasteiger charge is 2.12. The first-order valence-corrected chi connectivity index (χ1v) is 6.15. The number of nitrogens with one attached hydrogen (secondary N) is 1. The Morgan fingerprint density at radius 3 is 2.63 bits per heavy atom. The zero-order chi connectivity index (χ0) is 19.5. The largest absolute Gasteiger partial charge is 0.486 e. The van der Waals surface area contributed by atoms with Crippen molar-refractivity contribution in [1.82, 2.24) is 5.32 Å². The van der Waals surface area contributed by atoms with Crippen LogP contribution in [-0.4, -0.2) is 13.5 Å². The van der Waals surface area contributed by atoms with Crippen molar-refractivity contribution in [2.75, 3.05) is 13.5 Å². The molecule has 0 radical (unpaired) electrons. The van der Waals surface area contributed by atoms with E-state index in [1.165, 1.54) is 6.92 Å². The molecule has 0 aromatic heterocycles. The van der Waals surface area contributed by atoms with Crippen LogP contribution in [0.4, 0.5) is 0 Å². The van der Waals surface area contributed by atoms with Gasteiger partial charge in [0.2, 0.25) is 0 Å². The number of rotatable bonds is 6. The van der Waals surface area contributed by atoms with Crippen LogP contribution in [0.25, 0.3) is 0 Å². The Bertz CT molecular complexity index is 733. The molecule has 0 saturated carbocycles. The highest BCUT2D eigenvalue weighted by molar-refractivity contribution is 5.28. The number of hydrogen-bond acceptors (Lipinski definition) is 2. The first-order chi connectivity index (χ1) is 12.1. The molecule has 1 N–H and O–H groups in total. The quantitative estimate of drug-likeness (QED) is 0.856. The zero-order valence-corrected chi connectivity index (χ0v) is 10.8. The van der Waals surface area contributed by atoms with Crippen LogP contribution in [0.1, 0.15) is 33.2 Å². The Morgan fingerprint density at radius 1 is 1.21 bits per heavy atom. The maximum Gasteiger partial charge on any atom is 0.125 e. The fourth-order valence-electron chi connectivity index (χ4n) is 1.73. The molecule has 0 fully saturated rings. The predicted molar refractivity (Wildman–Crippen MR) is 79.5 cm³/mol. The molecule has 2 aromatic carbocycles. The third kappa shape index (κ3) is 4.11. The molecule has 100 valence electrons. The van der Waals surface area contributed by atoms with Crippen LogP contribution in [0.15, 0.2) is 54.5 Å². The van der Waals surface area contributed by atoms with Crippen molar-refractivity contribution in [3.8, 4) is 5.75 Å². The summed E-state index contributed by atoms with van der Waals surface area (Å²) in [6, 6.07) is 8.31. The van der Waals surface area contributed by atoms with E-state index in [1.807, 2.05) is 30.3 Å². The molecule has 1 atom stereocenters. The van der Waals surface area contributed by atoms with E-state index in [0.717, 1.165) is 5.56 Å². The van der Waals surface area contributed by atoms with Crippen molar-refractivity contribution >= 4 is 0 Å². The van der Waals surface area contributed by atoms with Gasteiger partial charge in [0.15, 0.2) is 0 Å². The van der Waals surface area contributed by atoms with Crippen molar-refractivity contribution in [2.45, 2.75) is 19.4 Å². The van der Waals surface area contributed by atoms with E-state index in [2.05, 4.69) is 5.32 Å². The lowest BCUT2D eigenvalue weighted by molar-refractivity contribution is 0.195. The Hall–Kier alpha value is -1.80. The Labute approximate surface area is 125 Å². The topological polar surface area (TPSA) is 21.3 Å². The first kappa shape index (κ1) is 7.11. The summed E-state index contributed by atoms with van der Waals surface area (Å²) in [5, 5.41) is 2.42. The summed E-state index contributed by atoms with van der Waals surface area (Å²) in [6.07, 6.45) is -0.323. The van der Waals surface area contributed by atoms with E-state index < -0.39 is 13.1 Å². The monoisotopic (exact) mass is 262 g/mol. The van der Waals surface area contributed by atoms with Gasteiger partial charge in [0.25, 0.3) is 0 Å². The van der Waals surface area contributed by atoms with Gasteiger partial charge in [-0.1, -0.05) is 48.0 Å². The molecule has 2 rings (SSSR count). The average Bonchev–Trinajstić information content (AvgIpc) is 2.60. The first-order valence-electron chi connectivity index (χ1n) is 9.65. The van der Waals surface area contributed by atoms with Gasteiger partial charge in [0.1, 0.15) is 11.9 Å². The lowest BCUT2D eigenvalue weighted by atomic mass is 10.1. The Morgan fingerprint density at radius 2 is 1.95 bits per heavy atom. The van der Waals surface area contributed by atoms with Crippen molar-refractivity contribution < 1.29 is 14.3 Å². The predicted octanol–water partition coefficient (Wildman–Crippen LogP) is 3.72. The molecule has 0 aliphatic carbocycles. The molecule has 0 aliphatic rings. The van der Waals surface area contributed by atoms with E-state index >= 15 is 0 Å². The van der Waals surface area contributed by atoms with Gasteiger partial charge in [0, 0.05) is 10.5 Å². The van der Waals surface area contributed by atoms with Crippen LogP contribution >= 0.6 is 0 Å². The molecule has 1 unspecified atom stereocenters. The van der Waals surface area contributed by atoms with Crippen molar-refractivity contribution in [2.24, 2.45) is 0 Å². The second-order valence-electron chi connectivity index (χ2n) is 4.19. The van der Waals surface area contributed by atoms with Gasteiger partial charge in [-0.25, -0.2) is 0 Å². The van der Waals surface area contributed by atoms with Gasteiger partial charge in [-0.15, -0.1) is 0 Å². The molecule has 19 heavy (non-hydrogen) atoms. The van der Waals surface area contributed by atoms with E-state index in [0.29, 0.717) is 0 Å². The van der Waals surface area contributed by atoms with Crippen LogP contribution in [-0.2, 0) is 0 Å². The SMILES string of the molecule is [2H]c1c([2H])c(OC(CCNC([2H])([2H])[2H])c2ccccc2)c([2H])c([2H])c1C. The molecule has 0 aliphatic heterocycles. The molecule has 0 saturated heterocycles. The van der Waals surface area contributed by atoms with Crippen molar-refractivity contribution in [3.05, 3.63) is 65.6 Å². The Balaban J connectivity index is 2.33. The van der Waals surface area contributed by atoms with Gasteiger partial charge in [-0.2, -0.15) is 0 Å². The highest BCUT2D eigenvalue weighted by atomic mass is 16.5. The third-order valence-corrected chi connectivity index (χ3v) is 2.69. The normalized spacial score (nSPS) is 18.1. The lowest BCUT2D eigenvalue weighted by Crippen LogP contribution is -2.16. The third-order valence-electron chi connectivity index (χ3n) is 2.69. The minimum Gasteiger partial charge on any atom is -0.486 e. The molecule has 0 bridgehead atoms. The van der Waals surface area contributed by atoms with E-state index in [9.17, 15) is 0 Å². The van der Waals surface area contributed by atoms with Gasteiger partial charge >= 0.3 is 0 Å². The minimum absolute atomic E-state index is 0.131. The van der Waals surface area contributed by atoms with Crippen molar-refractivity contribution in [3.63, 3.8) is 0 Å². The number of benzene rings is 2. The summed E-state index contributed by atoms with van der Waals surface area (Å²) in [6.45, 7) is -0.599. The lowest BCUT2D eigenvalue weighted by Gasteiger charge is -2.19. The zero-order valence-electron chi connectivity index (χ0n) is 17.8. The molecule has 0 amide bonds. The summed E-state index contributed by atoms with van der Waals surface area (Å²) in [5.41, 5.74) is 1.02. The number of hydrogen-bond donors (Lipinski definition) is 1.